The van der Waals surface area contributed by atoms with Gasteiger partial charge in [0.2, 0.25) is 4.45 Å². The second-order valence-corrected chi connectivity index (χ2v) is 5.81. The van der Waals surface area contributed by atoms with Crippen molar-refractivity contribution in [1.29, 1.82) is 0 Å². The molecule has 96 valence electrons. The summed E-state index contributed by atoms with van der Waals surface area (Å²) in [6, 6.07) is 0. The number of carbonyl (C=O) groups is 1. The fourth-order valence-electron chi connectivity index (χ4n) is 0.248. The maximum Gasteiger partial charge on any atom is 1.00 e. The normalized spacial score (nSPS) is 21.0. The smallest absolute Gasteiger partial charge is 0.748 e. The van der Waals surface area contributed by atoms with Crippen LogP contribution in [0.4, 0.5) is 4.79 Å². The molecule has 0 radical (unpaired) electrons. The van der Waals surface area contributed by atoms with Gasteiger partial charge in [-0.3, -0.25) is 4.79 Å². The monoisotopic (exact) mass is 362 g/mol. The summed E-state index contributed by atoms with van der Waals surface area (Å²) >= 11 is -1.62. The first-order chi connectivity index (χ1) is 10.1. The van der Waals surface area contributed by atoms with Crippen LogP contribution in [0.25, 0.3) is 0 Å². The van der Waals surface area contributed by atoms with Gasteiger partial charge in [0.15, 0.2) is 0 Å². The van der Waals surface area contributed by atoms with Crippen molar-refractivity contribution in [3.63, 3.8) is 0 Å². The van der Waals surface area contributed by atoms with E-state index in [0.29, 0.717) is 0 Å². The Bertz CT molecular complexity index is 663. The molecular weight excluding hydrogens is 346 g/mol. The molecule has 0 spiro atoms. The molecule has 0 bridgehead atoms. The van der Waals surface area contributed by atoms with Crippen molar-refractivity contribution in [2.75, 3.05) is 22.8 Å². The van der Waals surface area contributed by atoms with E-state index in [2.05, 4.69) is 0 Å². The van der Waals surface area contributed by atoms with Crippen LogP contribution in [-0.4, -0.2) is 53.2 Å². The Morgan fingerprint density at radius 2 is 1.22 bits per heavy atom. The topological polar surface area (TPSA) is 131 Å². The molecule has 18 heavy (non-hydrogen) atoms. The van der Waals surface area contributed by atoms with E-state index in [4.69, 9.17) is 11.0 Å². The predicted molar refractivity (Wildman–Crippen MR) is 59.4 cm³/mol. The molecule has 0 saturated heterocycles. The van der Waals surface area contributed by atoms with Gasteiger partial charge in [-0.2, -0.15) is 0 Å². The van der Waals surface area contributed by atoms with Crippen LogP contribution >= 0.6 is 23.5 Å². The molecule has 0 amide bonds. The molecule has 0 aliphatic rings. The SMILES string of the molecule is [2H]C([2H])(SC(=O)SC([2H])([2H])C([2H])([2H])S(=O)(=O)[O-])C([2H])([2H])S(=O)(=O)[O-].[Na+].[Na+]. The van der Waals surface area contributed by atoms with Gasteiger partial charge in [-0.15, -0.1) is 0 Å². The zero-order valence-corrected chi connectivity index (χ0v) is 16.3. The second kappa shape index (κ2) is 11.8. The van der Waals surface area contributed by atoms with Gasteiger partial charge in [0.1, 0.15) is 0 Å². The standard InChI is InChI=1S/C5H10O7S4.2Na/c6-5(13-1-3-15(7,8)9)14-2-4-16(10,11)12;;/h1-4H2,(H,7,8,9)(H,10,11,12);;/q;2*+1/p-2/i1D2,2D2,3D2,4D2;;. The van der Waals surface area contributed by atoms with Crippen LogP contribution in [0.5, 0.6) is 0 Å². The van der Waals surface area contributed by atoms with Crippen molar-refractivity contribution in [3.05, 3.63) is 0 Å². The third-order valence-corrected chi connectivity index (χ3v) is 2.81. The quantitative estimate of drug-likeness (QED) is 0.334. The molecule has 0 saturated carbocycles. The summed E-state index contributed by atoms with van der Waals surface area (Å²) in [4.78, 5) is 11.5. The van der Waals surface area contributed by atoms with Crippen LogP contribution in [0.3, 0.4) is 0 Å². The number of carbonyl (C=O) groups excluding carboxylic acids is 1. The van der Waals surface area contributed by atoms with Crippen molar-refractivity contribution in [3.8, 4) is 0 Å². The first kappa shape index (κ1) is 11.7. The Labute approximate surface area is 170 Å². The van der Waals surface area contributed by atoms with Crippen LogP contribution in [0.15, 0.2) is 0 Å². The van der Waals surface area contributed by atoms with Crippen LogP contribution in [0.1, 0.15) is 11.0 Å². The molecule has 0 aromatic carbocycles. The van der Waals surface area contributed by atoms with Crippen molar-refractivity contribution in [1.82, 2.24) is 0 Å². The van der Waals surface area contributed by atoms with E-state index in [1.54, 1.807) is 0 Å². The maximum absolute atomic E-state index is 11.5. The molecule has 13 heteroatoms. The van der Waals surface area contributed by atoms with E-state index in [0.717, 1.165) is 0 Å². The number of thioether (sulfide) groups is 2. The van der Waals surface area contributed by atoms with Gasteiger partial charge in [0, 0.05) is 33.8 Å². The summed E-state index contributed by atoms with van der Waals surface area (Å²) in [6.07, 6.45) is 0. The molecule has 0 rings (SSSR count). The van der Waals surface area contributed by atoms with E-state index in [1.165, 1.54) is 0 Å². The van der Waals surface area contributed by atoms with Crippen molar-refractivity contribution < 1.29 is 101 Å². The van der Waals surface area contributed by atoms with E-state index in [1.807, 2.05) is 0 Å². The summed E-state index contributed by atoms with van der Waals surface area (Å²) in [7, 11) is -11.8. The van der Waals surface area contributed by atoms with Crippen molar-refractivity contribution in [2.24, 2.45) is 0 Å². The first-order valence-corrected chi connectivity index (χ1v) is 7.38. The first-order valence-electron chi connectivity index (χ1n) is 6.93. The Balaban J connectivity index is -0.00000264. The molecule has 0 aromatic rings. The zero-order chi connectivity index (χ0) is 20.0. The van der Waals surface area contributed by atoms with Gasteiger partial charge in [-0.05, 0) is 0 Å². The minimum absolute atomic E-state index is 0. The van der Waals surface area contributed by atoms with Crippen LogP contribution in [0.2, 0.25) is 0 Å². The summed E-state index contributed by atoms with van der Waals surface area (Å²) in [6.45, 7) is 0. The van der Waals surface area contributed by atoms with Crippen molar-refractivity contribution in [2.45, 2.75) is 0 Å². The van der Waals surface area contributed by atoms with Gasteiger partial charge in [-0.1, -0.05) is 23.5 Å². The molecule has 0 aliphatic heterocycles. The summed E-state index contributed by atoms with van der Waals surface area (Å²) in [5.41, 5.74) is -15.7. The molecule has 0 heterocycles. The Morgan fingerprint density at radius 1 is 0.944 bits per heavy atom. The molecule has 0 atom stereocenters. The molecule has 0 aromatic heterocycles. The third-order valence-electron chi connectivity index (χ3n) is 0.602. The zero-order valence-electron chi connectivity index (χ0n) is 17.0. The third kappa shape index (κ3) is 20.5. The predicted octanol–water partition coefficient (Wildman–Crippen LogP) is -6.33. The molecule has 0 N–H and O–H groups in total. The van der Waals surface area contributed by atoms with Gasteiger partial charge >= 0.3 is 59.1 Å². The fraction of sp³-hybridized carbons (Fsp3) is 0.800. The second-order valence-electron chi connectivity index (χ2n) is 1.77. The summed E-state index contributed by atoms with van der Waals surface area (Å²) in [5, 5.41) is 0. The Hall–Kier alpha value is 2.19. The summed E-state index contributed by atoms with van der Waals surface area (Å²) in [5.74, 6) is 0. The maximum atomic E-state index is 11.5. The minimum Gasteiger partial charge on any atom is -0.748 e. The minimum atomic E-state index is -5.89. The van der Waals surface area contributed by atoms with E-state index < -0.39 is 71.0 Å². The van der Waals surface area contributed by atoms with Crippen LogP contribution in [0, 0.1) is 0 Å². The Morgan fingerprint density at radius 3 is 1.44 bits per heavy atom. The molecule has 0 fully saturated rings. The molecule has 0 aliphatic carbocycles. The number of hydrogen-bond donors (Lipinski definition) is 0. The molecule has 0 unspecified atom stereocenters. The molecular formula is C5H8Na2O7S4. The van der Waals surface area contributed by atoms with Gasteiger partial charge in [-0.25, -0.2) is 16.8 Å². The van der Waals surface area contributed by atoms with Crippen molar-refractivity contribution >= 4 is 48.2 Å². The van der Waals surface area contributed by atoms with E-state index in [-0.39, 0.29) is 59.1 Å². The van der Waals surface area contributed by atoms with E-state index in [9.17, 15) is 30.7 Å². The average Bonchev–Trinajstić information content (AvgIpc) is 2.22. The van der Waals surface area contributed by atoms with Gasteiger partial charge in [0.25, 0.3) is 0 Å². The van der Waals surface area contributed by atoms with Crippen LogP contribution in [-0.2, 0) is 20.2 Å². The average molecular weight is 362 g/mol. The molecule has 7 nitrogen and oxygen atoms in total. The Kier molecular flexibility index (Phi) is 7.69. The van der Waals surface area contributed by atoms with Gasteiger partial charge in [0.05, 0.1) is 20.2 Å². The van der Waals surface area contributed by atoms with E-state index >= 15 is 0 Å². The fourth-order valence-corrected chi connectivity index (χ4v) is 1.98. The number of rotatable bonds is 6. The number of hydrogen-bond acceptors (Lipinski definition) is 9. The summed E-state index contributed by atoms with van der Waals surface area (Å²) < 4.78 is 119. The van der Waals surface area contributed by atoms with Gasteiger partial charge < -0.3 is 9.11 Å². The largest absolute Gasteiger partial charge is 1.00 e. The van der Waals surface area contributed by atoms with Crippen LogP contribution < -0.4 is 59.1 Å².